The molecule has 0 heterocycles. The number of rotatable bonds is 8. The number of hydrogen-bond donors (Lipinski definition) is 2. The van der Waals surface area contributed by atoms with Gasteiger partial charge in [0.15, 0.2) is 6.61 Å². The normalized spacial score (nSPS) is 16.3. The van der Waals surface area contributed by atoms with E-state index in [4.69, 9.17) is 9.84 Å². The van der Waals surface area contributed by atoms with E-state index >= 15 is 0 Å². The van der Waals surface area contributed by atoms with Crippen LogP contribution in [0.4, 0.5) is 5.69 Å². The second-order valence-electron chi connectivity index (χ2n) is 6.23. The Hall–Kier alpha value is -2.57. The SMILES string of the molecule is O=C(O)CN(C(=O)COc1cccc(NC(=O)C2CC2)c1)C1CC1. The van der Waals surface area contributed by atoms with Gasteiger partial charge in [0, 0.05) is 23.7 Å². The van der Waals surface area contributed by atoms with Crippen LogP contribution in [0.5, 0.6) is 5.75 Å². The number of anilines is 1. The Morgan fingerprint density at radius 1 is 1.21 bits per heavy atom. The molecule has 128 valence electrons. The molecule has 3 rings (SSSR count). The number of nitrogens with one attached hydrogen (secondary N) is 1. The fourth-order valence-corrected chi connectivity index (χ4v) is 2.43. The molecule has 0 aromatic heterocycles. The molecule has 2 saturated carbocycles. The van der Waals surface area contributed by atoms with Crippen molar-refractivity contribution >= 4 is 23.5 Å². The molecule has 0 spiro atoms. The van der Waals surface area contributed by atoms with Crippen molar-refractivity contribution in [1.29, 1.82) is 0 Å². The van der Waals surface area contributed by atoms with Crippen LogP contribution in [-0.4, -0.2) is 47.0 Å². The van der Waals surface area contributed by atoms with Crippen molar-refractivity contribution < 1.29 is 24.2 Å². The summed E-state index contributed by atoms with van der Waals surface area (Å²) in [6, 6.07) is 6.86. The third-order valence-corrected chi connectivity index (χ3v) is 4.03. The van der Waals surface area contributed by atoms with E-state index in [2.05, 4.69) is 5.32 Å². The van der Waals surface area contributed by atoms with Crippen molar-refractivity contribution in [2.45, 2.75) is 31.7 Å². The standard InChI is InChI=1S/C17H20N2O5/c20-15(19(9-16(21)22)13-6-7-13)10-24-14-3-1-2-12(8-14)18-17(23)11-4-5-11/h1-3,8,11,13H,4-7,9-10H2,(H,18,23)(H,21,22). The first-order chi connectivity index (χ1) is 11.5. The first-order valence-electron chi connectivity index (χ1n) is 8.08. The van der Waals surface area contributed by atoms with E-state index in [-0.39, 0.29) is 36.9 Å². The third kappa shape index (κ3) is 4.47. The number of carboxylic acid groups (broad SMARTS) is 1. The van der Waals surface area contributed by atoms with E-state index in [0.717, 1.165) is 25.7 Å². The summed E-state index contributed by atoms with van der Waals surface area (Å²) in [6.07, 6.45) is 3.53. The van der Waals surface area contributed by atoms with Gasteiger partial charge in [-0.05, 0) is 37.8 Å². The van der Waals surface area contributed by atoms with Gasteiger partial charge in [-0.2, -0.15) is 0 Å². The predicted octanol–water partition coefficient (Wildman–Crippen LogP) is 1.49. The maximum Gasteiger partial charge on any atom is 0.323 e. The highest BCUT2D eigenvalue weighted by atomic mass is 16.5. The smallest absolute Gasteiger partial charge is 0.323 e. The van der Waals surface area contributed by atoms with Crippen molar-refractivity contribution in [3.8, 4) is 5.75 Å². The molecule has 7 heteroatoms. The fraction of sp³-hybridized carbons (Fsp3) is 0.471. The fourth-order valence-electron chi connectivity index (χ4n) is 2.43. The summed E-state index contributed by atoms with van der Waals surface area (Å²) in [5.74, 6) is -0.792. The number of amides is 2. The third-order valence-electron chi connectivity index (χ3n) is 4.03. The summed E-state index contributed by atoms with van der Waals surface area (Å²) in [5.41, 5.74) is 0.626. The van der Waals surface area contributed by atoms with Crippen LogP contribution in [0.15, 0.2) is 24.3 Å². The van der Waals surface area contributed by atoms with Crippen LogP contribution in [0.1, 0.15) is 25.7 Å². The Kier molecular flexibility index (Phi) is 4.69. The molecule has 0 radical (unpaired) electrons. The van der Waals surface area contributed by atoms with Gasteiger partial charge in [-0.3, -0.25) is 14.4 Å². The van der Waals surface area contributed by atoms with E-state index < -0.39 is 5.97 Å². The highest BCUT2D eigenvalue weighted by molar-refractivity contribution is 5.94. The number of nitrogens with zero attached hydrogens (tertiary/aromatic N) is 1. The Labute approximate surface area is 139 Å². The minimum Gasteiger partial charge on any atom is -0.484 e. The van der Waals surface area contributed by atoms with Gasteiger partial charge in [0.2, 0.25) is 5.91 Å². The highest BCUT2D eigenvalue weighted by Gasteiger charge is 2.34. The maximum atomic E-state index is 12.2. The Bertz CT molecular complexity index is 652. The predicted molar refractivity (Wildman–Crippen MR) is 85.7 cm³/mol. The average molecular weight is 332 g/mol. The van der Waals surface area contributed by atoms with E-state index in [9.17, 15) is 14.4 Å². The molecule has 2 fully saturated rings. The molecule has 7 nitrogen and oxygen atoms in total. The monoisotopic (exact) mass is 332 g/mol. The minimum absolute atomic E-state index is 0.00425. The van der Waals surface area contributed by atoms with Gasteiger partial charge in [-0.15, -0.1) is 0 Å². The lowest BCUT2D eigenvalue weighted by Gasteiger charge is -2.20. The van der Waals surface area contributed by atoms with Crippen molar-refractivity contribution in [2.24, 2.45) is 5.92 Å². The summed E-state index contributed by atoms with van der Waals surface area (Å²) in [6.45, 7) is -0.520. The van der Waals surface area contributed by atoms with Crippen molar-refractivity contribution in [2.75, 3.05) is 18.5 Å². The molecule has 0 unspecified atom stereocenters. The van der Waals surface area contributed by atoms with Crippen LogP contribution in [0.2, 0.25) is 0 Å². The summed E-state index contributed by atoms with van der Waals surface area (Å²) in [4.78, 5) is 36.1. The molecule has 1 aromatic rings. The molecule has 1 aromatic carbocycles. The lowest BCUT2D eigenvalue weighted by molar-refractivity contribution is -0.145. The van der Waals surface area contributed by atoms with Gasteiger partial charge in [-0.1, -0.05) is 6.07 Å². The molecular weight excluding hydrogens is 312 g/mol. The van der Waals surface area contributed by atoms with E-state index in [0.29, 0.717) is 11.4 Å². The van der Waals surface area contributed by atoms with Crippen LogP contribution in [0.25, 0.3) is 0 Å². The number of ether oxygens (including phenoxy) is 1. The van der Waals surface area contributed by atoms with Crippen LogP contribution in [0, 0.1) is 5.92 Å². The second-order valence-corrected chi connectivity index (χ2v) is 6.23. The minimum atomic E-state index is -1.03. The lowest BCUT2D eigenvalue weighted by Crippen LogP contribution is -2.40. The van der Waals surface area contributed by atoms with Gasteiger partial charge in [0.05, 0.1) is 0 Å². The van der Waals surface area contributed by atoms with Gasteiger partial charge in [0.1, 0.15) is 12.3 Å². The average Bonchev–Trinajstić information content (AvgIpc) is 3.42. The van der Waals surface area contributed by atoms with Crippen LogP contribution < -0.4 is 10.1 Å². The highest BCUT2D eigenvalue weighted by Crippen LogP contribution is 2.30. The molecule has 24 heavy (non-hydrogen) atoms. The largest absolute Gasteiger partial charge is 0.484 e. The van der Waals surface area contributed by atoms with Crippen LogP contribution >= 0.6 is 0 Å². The van der Waals surface area contributed by atoms with E-state index in [1.165, 1.54) is 4.90 Å². The molecule has 2 N–H and O–H groups in total. The molecule has 0 aliphatic heterocycles. The molecule has 2 aliphatic rings. The van der Waals surface area contributed by atoms with E-state index in [1.807, 2.05) is 0 Å². The summed E-state index contributed by atoms with van der Waals surface area (Å²) in [5, 5.41) is 11.7. The molecule has 2 aliphatic carbocycles. The first-order valence-corrected chi connectivity index (χ1v) is 8.08. The Morgan fingerprint density at radius 3 is 2.58 bits per heavy atom. The zero-order valence-electron chi connectivity index (χ0n) is 13.2. The number of benzene rings is 1. The van der Waals surface area contributed by atoms with Gasteiger partial charge >= 0.3 is 5.97 Å². The van der Waals surface area contributed by atoms with Crippen molar-refractivity contribution in [1.82, 2.24) is 4.90 Å². The Balaban J connectivity index is 1.54. The number of carbonyl (C=O) groups excluding carboxylic acids is 2. The number of hydrogen-bond acceptors (Lipinski definition) is 4. The van der Waals surface area contributed by atoms with Crippen LogP contribution in [0.3, 0.4) is 0 Å². The zero-order valence-corrected chi connectivity index (χ0v) is 13.2. The molecular formula is C17H20N2O5. The number of carboxylic acids is 1. The maximum absolute atomic E-state index is 12.2. The van der Waals surface area contributed by atoms with Crippen molar-refractivity contribution in [3.05, 3.63) is 24.3 Å². The summed E-state index contributed by atoms with van der Waals surface area (Å²) < 4.78 is 5.47. The first kappa shape index (κ1) is 16.3. The lowest BCUT2D eigenvalue weighted by atomic mass is 10.3. The Morgan fingerprint density at radius 2 is 1.96 bits per heavy atom. The van der Waals surface area contributed by atoms with E-state index in [1.54, 1.807) is 24.3 Å². The number of carbonyl (C=O) groups is 3. The zero-order chi connectivity index (χ0) is 17.1. The van der Waals surface area contributed by atoms with Gasteiger partial charge < -0.3 is 20.1 Å². The topological polar surface area (TPSA) is 95.9 Å². The molecule has 0 bridgehead atoms. The second kappa shape index (κ2) is 6.90. The molecule has 0 atom stereocenters. The quantitative estimate of drug-likeness (QED) is 0.752. The van der Waals surface area contributed by atoms with Crippen molar-refractivity contribution in [3.63, 3.8) is 0 Å². The van der Waals surface area contributed by atoms with Crippen LogP contribution in [-0.2, 0) is 14.4 Å². The van der Waals surface area contributed by atoms with Gasteiger partial charge in [-0.25, -0.2) is 0 Å². The summed E-state index contributed by atoms with van der Waals surface area (Å²) in [7, 11) is 0. The molecule has 2 amide bonds. The van der Waals surface area contributed by atoms with Gasteiger partial charge in [0.25, 0.3) is 5.91 Å². The summed E-state index contributed by atoms with van der Waals surface area (Å²) >= 11 is 0. The molecule has 0 saturated heterocycles. The number of aliphatic carboxylic acids is 1.